The summed E-state index contributed by atoms with van der Waals surface area (Å²) in [5.74, 6) is -0.666. The average Bonchev–Trinajstić information content (AvgIpc) is 2.85. The van der Waals surface area contributed by atoms with Crippen LogP contribution in [-0.4, -0.2) is 31.7 Å². The fourth-order valence-corrected chi connectivity index (χ4v) is 2.86. The van der Waals surface area contributed by atoms with Crippen molar-refractivity contribution in [1.29, 1.82) is 0 Å². The number of carbonyl (C=O) groups excluding carboxylic acids is 2. The van der Waals surface area contributed by atoms with Crippen LogP contribution in [0.3, 0.4) is 0 Å². The number of hydrogen-bond acceptors (Lipinski definition) is 6. The highest BCUT2D eigenvalue weighted by Gasteiger charge is 2.13. The maximum absolute atomic E-state index is 13.8. The number of halogens is 1. The summed E-state index contributed by atoms with van der Waals surface area (Å²) < 4.78 is 30.1. The topological polar surface area (TPSA) is 98.2 Å². The van der Waals surface area contributed by atoms with E-state index in [4.69, 9.17) is 14.2 Å². The highest BCUT2D eigenvalue weighted by molar-refractivity contribution is 6.39. The second-order valence-electron chi connectivity index (χ2n) is 6.90. The number of hydrogen-bond donors (Lipinski definition) is 2. The zero-order valence-electron chi connectivity index (χ0n) is 18.7. The SMILES string of the molecule is CCOc1ccc(NC(=O)C(=O)N/N=C/c2ccc(OCc3ccccc3F)c(OC)c2)cc1. The lowest BCUT2D eigenvalue weighted by molar-refractivity contribution is -0.136. The van der Waals surface area contributed by atoms with Crippen LogP contribution in [0.2, 0.25) is 0 Å². The van der Waals surface area contributed by atoms with E-state index in [-0.39, 0.29) is 12.4 Å². The van der Waals surface area contributed by atoms with Gasteiger partial charge in [0.2, 0.25) is 0 Å². The first-order chi connectivity index (χ1) is 16.5. The molecule has 0 bridgehead atoms. The highest BCUT2D eigenvalue weighted by atomic mass is 19.1. The van der Waals surface area contributed by atoms with Crippen molar-refractivity contribution in [2.75, 3.05) is 19.0 Å². The van der Waals surface area contributed by atoms with Gasteiger partial charge in [0.05, 0.1) is 19.9 Å². The van der Waals surface area contributed by atoms with Crippen LogP contribution in [0.1, 0.15) is 18.1 Å². The number of ether oxygens (including phenoxy) is 3. The molecule has 0 radical (unpaired) electrons. The molecule has 0 aromatic heterocycles. The van der Waals surface area contributed by atoms with Gasteiger partial charge in [-0.3, -0.25) is 9.59 Å². The van der Waals surface area contributed by atoms with Gasteiger partial charge < -0.3 is 19.5 Å². The molecule has 0 heterocycles. The van der Waals surface area contributed by atoms with E-state index in [0.29, 0.717) is 40.7 Å². The molecule has 3 aromatic carbocycles. The summed E-state index contributed by atoms with van der Waals surface area (Å²) in [5.41, 5.74) is 3.62. The Kier molecular flexibility index (Phi) is 8.56. The Bertz CT molecular complexity index is 1170. The predicted molar refractivity (Wildman–Crippen MR) is 126 cm³/mol. The maximum Gasteiger partial charge on any atom is 0.329 e. The van der Waals surface area contributed by atoms with Crippen molar-refractivity contribution in [1.82, 2.24) is 5.43 Å². The number of anilines is 1. The van der Waals surface area contributed by atoms with Crippen LogP contribution >= 0.6 is 0 Å². The van der Waals surface area contributed by atoms with Crippen molar-refractivity contribution in [3.05, 3.63) is 83.7 Å². The summed E-state index contributed by atoms with van der Waals surface area (Å²) in [5, 5.41) is 6.27. The van der Waals surface area contributed by atoms with Crippen LogP contribution in [0.25, 0.3) is 0 Å². The number of nitrogens with one attached hydrogen (secondary N) is 2. The molecule has 2 N–H and O–H groups in total. The second kappa shape index (κ2) is 12.0. The van der Waals surface area contributed by atoms with Crippen molar-refractivity contribution >= 4 is 23.7 Å². The summed E-state index contributed by atoms with van der Waals surface area (Å²) >= 11 is 0. The highest BCUT2D eigenvalue weighted by Crippen LogP contribution is 2.28. The number of carbonyl (C=O) groups is 2. The first-order valence-electron chi connectivity index (χ1n) is 10.4. The molecule has 0 spiro atoms. The molecule has 8 nitrogen and oxygen atoms in total. The quantitative estimate of drug-likeness (QED) is 0.284. The molecule has 0 atom stereocenters. The predicted octanol–water partition coefficient (Wildman–Crippen LogP) is 3.90. The van der Waals surface area contributed by atoms with Gasteiger partial charge in [0, 0.05) is 11.3 Å². The molecule has 0 saturated heterocycles. The van der Waals surface area contributed by atoms with Gasteiger partial charge in [-0.25, -0.2) is 9.82 Å². The molecule has 0 aliphatic carbocycles. The number of hydrazone groups is 1. The second-order valence-corrected chi connectivity index (χ2v) is 6.90. The van der Waals surface area contributed by atoms with E-state index in [2.05, 4.69) is 15.8 Å². The van der Waals surface area contributed by atoms with E-state index >= 15 is 0 Å². The lowest BCUT2D eigenvalue weighted by Crippen LogP contribution is -2.32. The molecule has 176 valence electrons. The van der Waals surface area contributed by atoms with Gasteiger partial charge in [-0.15, -0.1) is 0 Å². The van der Waals surface area contributed by atoms with E-state index < -0.39 is 11.8 Å². The van der Waals surface area contributed by atoms with Crippen molar-refractivity contribution in [3.8, 4) is 17.2 Å². The summed E-state index contributed by atoms with van der Waals surface area (Å²) in [6.07, 6.45) is 1.35. The zero-order chi connectivity index (χ0) is 24.3. The molecule has 3 aromatic rings. The summed E-state index contributed by atoms with van der Waals surface area (Å²) in [7, 11) is 1.47. The Balaban J connectivity index is 1.54. The van der Waals surface area contributed by atoms with Gasteiger partial charge in [-0.05, 0) is 61.0 Å². The lowest BCUT2D eigenvalue weighted by Gasteiger charge is -2.11. The molecule has 3 rings (SSSR count). The normalized spacial score (nSPS) is 10.6. The van der Waals surface area contributed by atoms with Gasteiger partial charge in [0.1, 0.15) is 18.2 Å². The van der Waals surface area contributed by atoms with E-state index in [0.717, 1.165) is 0 Å². The maximum atomic E-state index is 13.8. The molecule has 0 fully saturated rings. The molecule has 0 aliphatic heterocycles. The Morgan fingerprint density at radius 1 is 0.971 bits per heavy atom. The minimum absolute atomic E-state index is 0.0377. The molecule has 2 amide bonds. The molecule has 0 aliphatic rings. The minimum Gasteiger partial charge on any atom is -0.494 e. The molecular weight excluding hydrogens is 441 g/mol. The molecule has 0 saturated carbocycles. The van der Waals surface area contributed by atoms with Crippen LogP contribution in [0, 0.1) is 5.82 Å². The third-order valence-corrected chi connectivity index (χ3v) is 4.54. The number of benzene rings is 3. The standard InChI is InChI=1S/C25H24FN3O5/c1-3-33-20-11-9-19(10-12-20)28-24(30)25(31)29-27-15-17-8-13-22(23(14-17)32-2)34-16-18-6-4-5-7-21(18)26/h4-15H,3,16H2,1-2H3,(H,28,30)(H,29,31)/b27-15+. The lowest BCUT2D eigenvalue weighted by atomic mass is 10.2. The minimum atomic E-state index is -0.929. The van der Waals surface area contributed by atoms with Crippen molar-refractivity contribution in [3.63, 3.8) is 0 Å². The third-order valence-electron chi connectivity index (χ3n) is 4.54. The first kappa shape index (κ1) is 24.2. The van der Waals surface area contributed by atoms with Crippen molar-refractivity contribution in [2.24, 2.45) is 5.10 Å². The zero-order valence-corrected chi connectivity index (χ0v) is 18.7. The van der Waals surface area contributed by atoms with Gasteiger partial charge in [-0.1, -0.05) is 18.2 Å². The van der Waals surface area contributed by atoms with Crippen molar-refractivity contribution < 1.29 is 28.2 Å². The van der Waals surface area contributed by atoms with Gasteiger partial charge in [0.15, 0.2) is 11.5 Å². The fraction of sp³-hybridized carbons (Fsp3) is 0.160. The van der Waals surface area contributed by atoms with E-state index in [9.17, 15) is 14.0 Å². The molecule has 34 heavy (non-hydrogen) atoms. The summed E-state index contributed by atoms with van der Waals surface area (Å²) in [4.78, 5) is 24.0. The van der Waals surface area contributed by atoms with Crippen LogP contribution in [-0.2, 0) is 16.2 Å². The number of amides is 2. The number of methoxy groups -OCH3 is 1. The smallest absolute Gasteiger partial charge is 0.329 e. The van der Waals surface area contributed by atoms with Crippen LogP contribution < -0.4 is 25.0 Å². The van der Waals surface area contributed by atoms with Gasteiger partial charge >= 0.3 is 11.8 Å². The molecular formula is C25H24FN3O5. The van der Waals surface area contributed by atoms with Crippen LogP contribution in [0.5, 0.6) is 17.2 Å². The first-order valence-corrected chi connectivity index (χ1v) is 10.4. The summed E-state index contributed by atoms with van der Waals surface area (Å²) in [6, 6.07) is 17.9. The molecule has 0 unspecified atom stereocenters. The van der Waals surface area contributed by atoms with Gasteiger partial charge in [-0.2, -0.15) is 5.10 Å². The third kappa shape index (κ3) is 6.80. The Labute approximate surface area is 196 Å². The van der Waals surface area contributed by atoms with E-state index in [1.807, 2.05) is 6.92 Å². The fourth-order valence-electron chi connectivity index (χ4n) is 2.86. The number of rotatable bonds is 9. The Morgan fingerprint density at radius 2 is 1.74 bits per heavy atom. The van der Waals surface area contributed by atoms with Gasteiger partial charge in [0.25, 0.3) is 0 Å². The number of nitrogens with zero attached hydrogens (tertiary/aromatic N) is 1. The Hall–Kier alpha value is -4.40. The molecule has 9 heteroatoms. The largest absolute Gasteiger partial charge is 0.494 e. The van der Waals surface area contributed by atoms with Crippen LogP contribution in [0.4, 0.5) is 10.1 Å². The van der Waals surface area contributed by atoms with Crippen molar-refractivity contribution in [2.45, 2.75) is 13.5 Å². The average molecular weight is 465 g/mol. The monoisotopic (exact) mass is 465 g/mol. The summed E-state index contributed by atoms with van der Waals surface area (Å²) in [6.45, 7) is 2.43. The van der Waals surface area contributed by atoms with E-state index in [1.165, 1.54) is 19.4 Å². The van der Waals surface area contributed by atoms with E-state index in [1.54, 1.807) is 60.7 Å². The van der Waals surface area contributed by atoms with Crippen LogP contribution in [0.15, 0.2) is 71.8 Å². The Morgan fingerprint density at radius 3 is 2.44 bits per heavy atom.